The predicted octanol–water partition coefficient (Wildman–Crippen LogP) is 9.56. The molecule has 0 spiro atoms. The van der Waals surface area contributed by atoms with Crippen molar-refractivity contribution in [2.45, 2.75) is 50.4 Å². The van der Waals surface area contributed by atoms with Gasteiger partial charge in [-0.15, -0.1) is 0 Å². The minimum Gasteiger partial charge on any atom is -0.481 e. The second kappa shape index (κ2) is 13.5. The van der Waals surface area contributed by atoms with Crippen molar-refractivity contribution >= 4 is 82.0 Å². The van der Waals surface area contributed by atoms with Gasteiger partial charge >= 0.3 is 5.97 Å². The van der Waals surface area contributed by atoms with Crippen molar-refractivity contribution in [3.63, 3.8) is 0 Å². The number of nitrogens with one attached hydrogen (secondary N) is 3. The Morgan fingerprint density at radius 3 is 1.88 bits per heavy atom. The summed E-state index contributed by atoms with van der Waals surface area (Å²) in [7, 11) is 0. The number of aliphatic carboxylic acids is 1. The summed E-state index contributed by atoms with van der Waals surface area (Å²) < 4.78 is 2.17. The lowest BCUT2D eigenvalue weighted by molar-refractivity contribution is -0.139. The number of H-pyrrole nitrogens is 3. The van der Waals surface area contributed by atoms with Gasteiger partial charge in [0.25, 0.3) is 0 Å². The van der Waals surface area contributed by atoms with E-state index in [0.717, 1.165) is 74.5 Å². The van der Waals surface area contributed by atoms with Crippen LogP contribution in [0.1, 0.15) is 65.9 Å². The van der Waals surface area contributed by atoms with Gasteiger partial charge in [0.1, 0.15) is 5.82 Å². The van der Waals surface area contributed by atoms with Crippen LogP contribution < -0.4 is 11.5 Å². The first-order valence-electron chi connectivity index (χ1n) is 16.1. The van der Waals surface area contributed by atoms with Crippen molar-refractivity contribution in [1.82, 2.24) is 19.9 Å². The highest BCUT2D eigenvalue weighted by Crippen LogP contribution is 2.40. The number of aromatic amines is 3. The third-order valence-electron chi connectivity index (χ3n) is 9.37. The molecular formula is C38H36Br2N6O2. The van der Waals surface area contributed by atoms with Crippen molar-refractivity contribution in [2.75, 3.05) is 11.5 Å². The monoisotopic (exact) mass is 766 g/mol. The number of nitrogen functional groups attached to an aromatic ring is 2. The lowest BCUT2D eigenvalue weighted by Gasteiger charge is -2.20. The van der Waals surface area contributed by atoms with Crippen molar-refractivity contribution in [2.24, 2.45) is 0 Å². The fraction of sp³-hybridized carbons (Fsp3) is 0.211. The van der Waals surface area contributed by atoms with E-state index in [-0.39, 0.29) is 5.92 Å². The molecule has 3 heterocycles. The van der Waals surface area contributed by atoms with Crippen LogP contribution in [0.4, 0.5) is 11.4 Å². The molecule has 0 fully saturated rings. The Balaban J connectivity index is 0.000000128. The fourth-order valence-corrected chi connectivity index (χ4v) is 7.76. The second-order valence-electron chi connectivity index (χ2n) is 12.4. The molecular weight excluding hydrogens is 732 g/mol. The first-order valence-corrected chi connectivity index (χ1v) is 17.7. The number of benzene rings is 4. The molecule has 2 atom stereocenters. The van der Waals surface area contributed by atoms with Gasteiger partial charge in [0.2, 0.25) is 0 Å². The van der Waals surface area contributed by atoms with Gasteiger partial charge in [-0.2, -0.15) is 0 Å². The maximum atomic E-state index is 11.2. The number of aryl methyl sites for hydroxylation is 2. The predicted molar refractivity (Wildman–Crippen MR) is 201 cm³/mol. The summed E-state index contributed by atoms with van der Waals surface area (Å²) in [6.45, 7) is 0. The zero-order valence-electron chi connectivity index (χ0n) is 26.2. The summed E-state index contributed by atoms with van der Waals surface area (Å²) >= 11 is 7.05. The van der Waals surface area contributed by atoms with Gasteiger partial charge in [-0.1, -0.05) is 56.1 Å². The van der Waals surface area contributed by atoms with Gasteiger partial charge in [-0.25, -0.2) is 4.98 Å². The van der Waals surface area contributed by atoms with Crippen LogP contribution in [-0.2, 0) is 17.6 Å². The molecule has 8 nitrogen and oxygen atoms in total. The summed E-state index contributed by atoms with van der Waals surface area (Å²) in [6, 6.07) is 28.0. The van der Waals surface area contributed by atoms with E-state index in [4.69, 9.17) is 16.5 Å². The van der Waals surface area contributed by atoms with Gasteiger partial charge in [-0.05, 0) is 110 Å². The zero-order valence-corrected chi connectivity index (χ0v) is 29.4. The number of hydrogen-bond acceptors (Lipinski definition) is 4. The molecule has 9 rings (SSSR count). The Bertz CT molecular complexity index is 2210. The van der Waals surface area contributed by atoms with E-state index in [0.29, 0.717) is 17.3 Å². The molecule has 0 saturated heterocycles. The Morgan fingerprint density at radius 2 is 1.27 bits per heavy atom. The molecule has 0 bridgehead atoms. The first kappa shape index (κ1) is 32.0. The Kier molecular flexibility index (Phi) is 9.02. The molecule has 244 valence electrons. The number of rotatable bonds is 2. The van der Waals surface area contributed by atoms with Crippen LogP contribution in [0, 0.1) is 0 Å². The molecule has 0 aliphatic heterocycles. The van der Waals surface area contributed by atoms with E-state index >= 15 is 0 Å². The summed E-state index contributed by atoms with van der Waals surface area (Å²) in [6.07, 6.45) is 6.13. The number of fused-ring (bicyclic) bond motifs is 7. The van der Waals surface area contributed by atoms with Crippen LogP contribution in [0.5, 0.6) is 0 Å². The minimum absolute atomic E-state index is 0.331. The van der Waals surface area contributed by atoms with E-state index in [9.17, 15) is 9.90 Å². The number of nitrogens with zero attached hydrogens (tertiary/aromatic N) is 1. The van der Waals surface area contributed by atoms with Crippen LogP contribution >= 0.6 is 31.9 Å². The van der Waals surface area contributed by atoms with Crippen LogP contribution in [0.15, 0.2) is 93.9 Å². The first-order chi connectivity index (χ1) is 23.3. The van der Waals surface area contributed by atoms with Gasteiger partial charge in [0, 0.05) is 42.1 Å². The van der Waals surface area contributed by atoms with Crippen LogP contribution in [0.25, 0.3) is 32.8 Å². The molecule has 0 radical (unpaired) electrons. The third kappa shape index (κ3) is 6.34. The molecule has 2 unspecified atom stereocenters. The van der Waals surface area contributed by atoms with E-state index in [2.05, 4.69) is 89.3 Å². The number of hydrogen-bond donors (Lipinski definition) is 6. The second-order valence-corrected chi connectivity index (χ2v) is 14.2. The van der Waals surface area contributed by atoms with Gasteiger partial charge in [0.15, 0.2) is 0 Å². The molecule has 10 heteroatoms. The minimum atomic E-state index is -0.725. The van der Waals surface area contributed by atoms with E-state index in [1.165, 1.54) is 34.1 Å². The summed E-state index contributed by atoms with van der Waals surface area (Å²) in [5.74, 6) is 0.316. The normalized spacial score (nSPS) is 16.8. The number of imidazole rings is 1. The summed E-state index contributed by atoms with van der Waals surface area (Å²) in [5.41, 5.74) is 21.4. The SMILES string of the molecule is Brc1ccc2[nH]c3c(c2c1)CCCC3c1nc2ccccc2[nH]1.Nc1ccccc1N.O=C(O)C1CCCc2c1[nH]c1ccc(Br)cc21. The molecule has 0 amide bonds. The molecule has 3 aromatic heterocycles. The third-order valence-corrected chi connectivity index (χ3v) is 10.4. The number of carbonyl (C=O) groups is 1. The van der Waals surface area contributed by atoms with Crippen molar-refractivity contribution < 1.29 is 9.90 Å². The van der Waals surface area contributed by atoms with Gasteiger partial charge < -0.3 is 31.5 Å². The number of aromatic nitrogens is 4. The zero-order chi connectivity index (χ0) is 33.4. The fourth-order valence-electron chi connectivity index (χ4n) is 7.04. The van der Waals surface area contributed by atoms with Gasteiger partial charge in [-0.3, -0.25) is 4.79 Å². The Labute approximate surface area is 294 Å². The largest absolute Gasteiger partial charge is 0.481 e. The van der Waals surface area contributed by atoms with Crippen LogP contribution in [-0.4, -0.2) is 31.0 Å². The molecule has 48 heavy (non-hydrogen) atoms. The number of nitrogens with two attached hydrogens (primary N) is 2. The smallest absolute Gasteiger partial charge is 0.312 e. The molecule has 4 aromatic carbocycles. The summed E-state index contributed by atoms with van der Waals surface area (Å²) in [5, 5.41) is 11.7. The number of anilines is 2. The highest BCUT2D eigenvalue weighted by Gasteiger charge is 2.30. The lowest BCUT2D eigenvalue weighted by Crippen LogP contribution is -2.17. The maximum absolute atomic E-state index is 11.2. The molecule has 2 aliphatic rings. The number of carboxylic acid groups (broad SMARTS) is 1. The summed E-state index contributed by atoms with van der Waals surface area (Å²) in [4.78, 5) is 26.5. The van der Waals surface area contributed by atoms with Gasteiger partial charge in [0.05, 0.1) is 34.2 Å². The average molecular weight is 769 g/mol. The van der Waals surface area contributed by atoms with Crippen LogP contribution in [0.2, 0.25) is 0 Å². The molecule has 2 aliphatic carbocycles. The average Bonchev–Trinajstić information content (AvgIpc) is 3.79. The van der Waals surface area contributed by atoms with Crippen molar-refractivity contribution in [3.8, 4) is 0 Å². The highest BCUT2D eigenvalue weighted by molar-refractivity contribution is 9.10. The van der Waals surface area contributed by atoms with Crippen molar-refractivity contribution in [1.29, 1.82) is 0 Å². The highest BCUT2D eigenvalue weighted by atomic mass is 79.9. The maximum Gasteiger partial charge on any atom is 0.312 e. The topological polar surface area (TPSA) is 150 Å². The Morgan fingerprint density at radius 1 is 0.708 bits per heavy atom. The van der Waals surface area contributed by atoms with Crippen LogP contribution in [0.3, 0.4) is 0 Å². The lowest BCUT2D eigenvalue weighted by atomic mass is 9.86. The number of halogens is 2. The van der Waals surface area contributed by atoms with E-state index < -0.39 is 5.97 Å². The Hall–Kier alpha value is -4.54. The number of carboxylic acids is 1. The van der Waals surface area contributed by atoms with Crippen molar-refractivity contribution in [3.05, 3.63) is 122 Å². The molecule has 0 saturated carbocycles. The molecule has 7 aromatic rings. The standard InChI is InChI=1S/C19H16BrN3.C13H12BrNO2.C6H8N2/c20-11-8-9-15-14(10-11)12-4-3-5-13(18(12)21-15)19-22-16-6-1-2-7-17(16)23-19;14-7-4-5-11-10(6-7)8-2-1-3-9(13(16)17)12(8)15-11;7-5-3-1-2-4-6(5)8/h1-2,6-10,13,21H,3-5H2,(H,22,23);4-6,9,15H,1-3H2,(H,16,17);1-4H,7-8H2. The van der Waals surface area contributed by atoms with E-state index in [1.54, 1.807) is 12.1 Å². The number of para-hydroxylation sites is 4. The molecule has 8 N–H and O–H groups in total. The van der Waals surface area contributed by atoms with E-state index in [1.807, 2.05) is 30.3 Å². The quantitative estimate of drug-likeness (QED) is 0.0970.